The molecule has 14 heavy (non-hydrogen) atoms. The fourth-order valence-electron chi connectivity index (χ4n) is 1.17. The molecule has 0 heterocycles. The molecule has 1 rings (SSSR count). The second-order valence-corrected chi connectivity index (χ2v) is 2.70. The summed E-state index contributed by atoms with van der Waals surface area (Å²) in [5.41, 5.74) is 0.457. The Hall–Kier alpha value is -1.26. The molecule has 0 N–H and O–H groups in total. The van der Waals surface area contributed by atoms with Crippen molar-refractivity contribution in [1.82, 2.24) is 0 Å². The number of rotatable bonds is 4. The zero-order valence-electron chi connectivity index (χ0n) is 7.99. The fraction of sp³-hybridized carbons (Fsp3) is 0.300. The first-order chi connectivity index (χ1) is 6.68. The number of ether oxygens (including phenoxy) is 2. The lowest BCUT2D eigenvalue weighted by atomic mass is 10.1. The molecule has 4 heteroatoms. The second-order valence-electron chi connectivity index (χ2n) is 2.70. The smallest absolute Gasteiger partial charge is 0.252 e. The molecule has 0 unspecified atom stereocenters. The van der Waals surface area contributed by atoms with E-state index in [0.717, 1.165) is 0 Å². The van der Waals surface area contributed by atoms with E-state index in [1.54, 1.807) is 0 Å². The van der Waals surface area contributed by atoms with E-state index in [1.807, 2.05) is 0 Å². The normalized spacial score (nSPS) is 11.4. The molecule has 0 saturated heterocycles. The largest absolute Gasteiger partial charge is 0.344 e. The number of halogens is 1. The minimum absolute atomic E-state index is 0.374. The average molecular weight is 198 g/mol. The molecule has 0 aliphatic rings. The van der Waals surface area contributed by atoms with Crippen LogP contribution in [-0.4, -0.2) is 20.5 Å². The molecule has 0 radical (unpaired) electrons. The average Bonchev–Trinajstić information content (AvgIpc) is 2.24. The van der Waals surface area contributed by atoms with E-state index in [9.17, 15) is 9.18 Å². The molecule has 0 atom stereocenters. The van der Waals surface area contributed by atoms with Gasteiger partial charge in [-0.05, 0) is 12.1 Å². The van der Waals surface area contributed by atoms with Gasteiger partial charge in [-0.15, -0.1) is 0 Å². The van der Waals surface area contributed by atoms with E-state index >= 15 is 0 Å². The van der Waals surface area contributed by atoms with Crippen molar-refractivity contribution in [2.75, 3.05) is 14.2 Å². The lowest BCUT2D eigenvalue weighted by molar-refractivity contribution is -0.201. The third-order valence-electron chi connectivity index (χ3n) is 2.01. The first kappa shape index (κ1) is 10.8. The molecule has 0 aliphatic carbocycles. The Kier molecular flexibility index (Phi) is 3.33. The Morgan fingerprint density at radius 3 is 2.07 bits per heavy atom. The molecular formula is C10H11FO3. The number of carbonyl (C=O) groups excluding carboxylic acids is 1. The van der Waals surface area contributed by atoms with Crippen molar-refractivity contribution < 1.29 is 18.7 Å². The predicted octanol–water partition coefficient (Wildman–Crippen LogP) is 1.47. The van der Waals surface area contributed by atoms with Crippen molar-refractivity contribution in [3.8, 4) is 0 Å². The molecule has 1 aromatic rings. The Morgan fingerprint density at radius 1 is 1.21 bits per heavy atom. The van der Waals surface area contributed by atoms with Gasteiger partial charge >= 0.3 is 0 Å². The minimum atomic E-state index is -1.44. The number of methoxy groups -OCH3 is 2. The van der Waals surface area contributed by atoms with Gasteiger partial charge in [-0.2, -0.15) is 0 Å². The van der Waals surface area contributed by atoms with Crippen LogP contribution in [0.1, 0.15) is 5.56 Å². The maximum Gasteiger partial charge on any atom is 0.252 e. The number of carbonyl (C=O) groups is 1. The molecule has 3 nitrogen and oxygen atoms in total. The zero-order valence-corrected chi connectivity index (χ0v) is 7.99. The number of aldehydes is 1. The Labute approximate surface area is 81.4 Å². The molecule has 1 aromatic carbocycles. The van der Waals surface area contributed by atoms with Crippen molar-refractivity contribution in [1.29, 1.82) is 0 Å². The van der Waals surface area contributed by atoms with Crippen molar-refractivity contribution in [2.45, 2.75) is 5.79 Å². The van der Waals surface area contributed by atoms with Crippen LogP contribution in [0.2, 0.25) is 0 Å². The van der Waals surface area contributed by atoms with Gasteiger partial charge in [-0.3, -0.25) is 4.79 Å². The summed E-state index contributed by atoms with van der Waals surface area (Å²) in [5.74, 6) is -1.81. The second kappa shape index (κ2) is 4.30. The van der Waals surface area contributed by atoms with Crippen LogP contribution in [0.15, 0.2) is 24.3 Å². The van der Waals surface area contributed by atoms with E-state index < -0.39 is 5.79 Å². The third-order valence-corrected chi connectivity index (χ3v) is 2.01. The van der Waals surface area contributed by atoms with Gasteiger partial charge in [0.05, 0.1) is 0 Å². The van der Waals surface area contributed by atoms with Crippen LogP contribution in [0.25, 0.3) is 0 Å². The quantitative estimate of drug-likeness (QED) is 0.543. The lowest BCUT2D eigenvalue weighted by Crippen LogP contribution is -2.32. The van der Waals surface area contributed by atoms with Crippen LogP contribution < -0.4 is 0 Å². The Balaban J connectivity index is 3.11. The van der Waals surface area contributed by atoms with Gasteiger partial charge in [-0.25, -0.2) is 4.39 Å². The fourth-order valence-corrected chi connectivity index (χ4v) is 1.17. The zero-order chi connectivity index (χ0) is 10.6. The van der Waals surface area contributed by atoms with E-state index in [1.165, 1.54) is 38.5 Å². The summed E-state index contributed by atoms with van der Waals surface area (Å²) in [5, 5.41) is 0. The summed E-state index contributed by atoms with van der Waals surface area (Å²) in [6.07, 6.45) is 0.528. The van der Waals surface area contributed by atoms with Crippen LogP contribution in [0.4, 0.5) is 4.39 Å². The van der Waals surface area contributed by atoms with Gasteiger partial charge < -0.3 is 9.47 Å². The van der Waals surface area contributed by atoms with E-state index in [0.29, 0.717) is 11.8 Å². The minimum Gasteiger partial charge on any atom is -0.344 e. The molecular weight excluding hydrogens is 187 g/mol. The maximum absolute atomic E-state index is 12.6. The van der Waals surface area contributed by atoms with E-state index in [4.69, 9.17) is 9.47 Å². The molecule has 0 amide bonds. The highest BCUT2D eigenvalue weighted by atomic mass is 19.1. The molecule has 0 fully saturated rings. The molecule has 0 aliphatic heterocycles. The van der Waals surface area contributed by atoms with Gasteiger partial charge in [0.15, 0.2) is 6.29 Å². The SMILES string of the molecule is COC(C=O)(OC)c1ccc(F)cc1. The van der Waals surface area contributed by atoms with Gasteiger partial charge in [0, 0.05) is 19.8 Å². The van der Waals surface area contributed by atoms with Gasteiger partial charge in [-0.1, -0.05) is 12.1 Å². The van der Waals surface area contributed by atoms with Crippen LogP contribution in [-0.2, 0) is 20.1 Å². The van der Waals surface area contributed by atoms with E-state index in [-0.39, 0.29) is 5.82 Å². The topological polar surface area (TPSA) is 35.5 Å². The highest BCUT2D eigenvalue weighted by Crippen LogP contribution is 2.23. The highest BCUT2D eigenvalue weighted by Gasteiger charge is 2.31. The van der Waals surface area contributed by atoms with Crippen LogP contribution in [0.3, 0.4) is 0 Å². The summed E-state index contributed by atoms with van der Waals surface area (Å²) in [6, 6.07) is 5.37. The van der Waals surface area contributed by atoms with Crippen LogP contribution in [0.5, 0.6) is 0 Å². The molecule has 0 bridgehead atoms. The van der Waals surface area contributed by atoms with Crippen molar-refractivity contribution in [3.63, 3.8) is 0 Å². The summed E-state index contributed by atoms with van der Waals surface area (Å²) < 4.78 is 22.5. The predicted molar refractivity (Wildman–Crippen MR) is 48.2 cm³/mol. The maximum atomic E-state index is 12.6. The number of hydrogen-bond donors (Lipinski definition) is 0. The molecule has 0 spiro atoms. The number of hydrogen-bond acceptors (Lipinski definition) is 3. The van der Waals surface area contributed by atoms with Gasteiger partial charge in [0.2, 0.25) is 0 Å². The van der Waals surface area contributed by atoms with Gasteiger partial charge in [0.25, 0.3) is 5.79 Å². The first-order valence-electron chi connectivity index (χ1n) is 4.01. The van der Waals surface area contributed by atoms with Crippen LogP contribution >= 0.6 is 0 Å². The first-order valence-corrected chi connectivity index (χ1v) is 4.01. The molecule has 0 aromatic heterocycles. The van der Waals surface area contributed by atoms with E-state index in [2.05, 4.69) is 0 Å². The number of benzene rings is 1. The summed E-state index contributed by atoms with van der Waals surface area (Å²) >= 11 is 0. The van der Waals surface area contributed by atoms with Crippen molar-refractivity contribution in [2.24, 2.45) is 0 Å². The standard InChI is InChI=1S/C10H11FO3/c1-13-10(7-12,14-2)8-3-5-9(11)6-4-8/h3-7H,1-2H3. The summed E-state index contributed by atoms with van der Waals surface area (Å²) in [7, 11) is 2.70. The van der Waals surface area contributed by atoms with Gasteiger partial charge in [0.1, 0.15) is 5.82 Å². The third kappa shape index (κ3) is 1.81. The monoisotopic (exact) mass is 198 g/mol. The molecule has 76 valence electrons. The molecule has 0 saturated carbocycles. The lowest BCUT2D eigenvalue weighted by Gasteiger charge is -2.24. The Bertz CT molecular complexity index is 304. The van der Waals surface area contributed by atoms with Crippen LogP contribution in [0, 0.1) is 5.82 Å². The highest BCUT2D eigenvalue weighted by molar-refractivity contribution is 5.63. The summed E-state index contributed by atoms with van der Waals surface area (Å²) in [6.45, 7) is 0. The summed E-state index contributed by atoms with van der Waals surface area (Å²) in [4.78, 5) is 10.8. The van der Waals surface area contributed by atoms with Crippen molar-refractivity contribution in [3.05, 3.63) is 35.6 Å². The Morgan fingerprint density at radius 2 is 1.71 bits per heavy atom. The van der Waals surface area contributed by atoms with Crippen molar-refractivity contribution >= 4 is 6.29 Å².